The molecule has 0 aliphatic carbocycles. The highest BCUT2D eigenvalue weighted by Crippen LogP contribution is 2.52. The summed E-state index contributed by atoms with van der Waals surface area (Å²) in [6.45, 7) is 24.4. The molecule has 1 aromatic rings. The third-order valence-corrected chi connectivity index (χ3v) is 12.0. The molecule has 0 spiro atoms. The van der Waals surface area contributed by atoms with Gasteiger partial charge in [0.2, 0.25) is 0 Å². The van der Waals surface area contributed by atoms with E-state index in [1.54, 1.807) is 13.8 Å². The van der Waals surface area contributed by atoms with E-state index < -0.39 is 16.1 Å². The molecular weight excluding hydrogens is 415 g/mol. The first-order valence-electron chi connectivity index (χ1n) is 10.9. The van der Waals surface area contributed by atoms with E-state index in [1.165, 1.54) is 0 Å². The second-order valence-electron chi connectivity index (χ2n) is 10.1. The van der Waals surface area contributed by atoms with Crippen molar-refractivity contribution in [3.8, 4) is 5.75 Å². The minimum absolute atomic E-state index is 0.173. The van der Waals surface area contributed by atoms with Gasteiger partial charge in [-0.1, -0.05) is 40.7 Å². The normalized spacial score (nSPS) is 13.6. The molecule has 0 saturated carbocycles. The zero-order valence-corrected chi connectivity index (χ0v) is 22.9. The molecule has 1 aromatic carbocycles. The fourth-order valence-corrected chi connectivity index (χ4v) is 5.54. The van der Waals surface area contributed by atoms with Crippen molar-refractivity contribution in [2.75, 3.05) is 19.8 Å². The molecule has 174 valence electrons. The Morgan fingerprint density at radius 1 is 0.967 bits per heavy atom. The van der Waals surface area contributed by atoms with E-state index in [4.69, 9.17) is 18.0 Å². The predicted molar refractivity (Wildman–Crippen MR) is 128 cm³/mol. The van der Waals surface area contributed by atoms with Crippen LogP contribution in [0.1, 0.15) is 71.6 Å². The molecule has 5 nitrogen and oxygen atoms in total. The van der Waals surface area contributed by atoms with Crippen LogP contribution in [-0.4, -0.2) is 28.1 Å². The molecule has 0 aliphatic rings. The van der Waals surface area contributed by atoms with Crippen LogP contribution in [0.4, 0.5) is 0 Å². The number of hydrogen-bond acceptors (Lipinski definition) is 5. The summed E-state index contributed by atoms with van der Waals surface area (Å²) in [5.74, 6) is 0.565. The lowest BCUT2D eigenvalue weighted by atomic mass is 9.78. The summed E-state index contributed by atoms with van der Waals surface area (Å²) in [7, 11) is -5.49. The van der Waals surface area contributed by atoms with Crippen LogP contribution in [0.15, 0.2) is 12.1 Å². The molecule has 0 fully saturated rings. The average Bonchev–Trinajstić information content (AvgIpc) is 2.52. The first kappa shape index (κ1) is 27.4. The van der Waals surface area contributed by atoms with Gasteiger partial charge in [-0.3, -0.25) is 9.05 Å². The topological polar surface area (TPSA) is 54.0 Å². The Kier molecular flexibility index (Phi) is 9.41. The van der Waals surface area contributed by atoms with Gasteiger partial charge >= 0.3 is 7.82 Å². The minimum atomic E-state index is -3.68. The van der Waals surface area contributed by atoms with E-state index in [9.17, 15) is 4.57 Å². The van der Waals surface area contributed by atoms with Crippen molar-refractivity contribution in [3.05, 3.63) is 28.8 Å². The molecule has 7 heteroatoms. The van der Waals surface area contributed by atoms with Crippen molar-refractivity contribution in [1.82, 2.24) is 0 Å². The number of phosphoric acid groups is 1. The Bertz CT molecular complexity index is 743. The van der Waals surface area contributed by atoms with Crippen molar-refractivity contribution < 1.29 is 22.6 Å². The van der Waals surface area contributed by atoms with Crippen LogP contribution < -0.4 is 4.52 Å². The standard InChI is InChI=1S/C23H43O5PSi/c1-12-25-29(24,26-13-2)28-20-17-18(3)16-19(4)21(20)23(8,9)14-15-27-30(10,11)22(5,6)7/h16-17H,12-15H2,1-11H3. The first-order valence-corrected chi connectivity index (χ1v) is 15.3. The third-order valence-electron chi connectivity index (χ3n) is 5.90. The minimum Gasteiger partial charge on any atom is -0.417 e. The molecular formula is C23H43O5PSi. The number of aryl methyl sites for hydroxylation is 2. The molecule has 1 rings (SSSR count). The predicted octanol–water partition coefficient (Wildman–Crippen LogP) is 7.55. The van der Waals surface area contributed by atoms with Gasteiger partial charge < -0.3 is 8.95 Å². The molecule has 0 amide bonds. The smallest absolute Gasteiger partial charge is 0.417 e. The van der Waals surface area contributed by atoms with Crippen molar-refractivity contribution in [1.29, 1.82) is 0 Å². The summed E-state index contributed by atoms with van der Waals surface area (Å²) < 4.78 is 36.2. The highest BCUT2D eigenvalue weighted by molar-refractivity contribution is 7.48. The molecule has 0 bridgehead atoms. The lowest BCUT2D eigenvalue weighted by Gasteiger charge is -2.38. The Hall–Kier alpha value is -0.653. The summed E-state index contributed by atoms with van der Waals surface area (Å²) in [4.78, 5) is 0. The first-order chi connectivity index (χ1) is 13.6. The van der Waals surface area contributed by atoms with E-state index in [0.29, 0.717) is 12.4 Å². The van der Waals surface area contributed by atoms with Gasteiger partial charge in [-0.2, -0.15) is 0 Å². The maximum atomic E-state index is 13.1. The fraction of sp³-hybridized carbons (Fsp3) is 0.739. The van der Waals surface area contributed by atoms with Gasteiger partial charge in [0, 0.05) is 12.2 Å². The van der Waals surface area contributed by atoms with E-state index >= 15 is 0 Å². The SMILES string of the molecule is CCOP(=O)(OCC)Oc1cc(C)cc(C)c1C(C)(C)CCO[Si](C)(C)C(C)(C)C. The zero-order valence-electron chi connectivity index (χ0n) is 21.0. The van der Waals surface area contributed by atoms with Crippen LogP contribution >= 0.6 is 7.82 Å². The van der Waals surface area contributed by atoms with E-state index in [1.807, 2.05) is 13.0 Å². The van der Waals surface area contributed by atoms with Gasteiger partial charge in [0.15, 0.2) is 8.32 Å². The Labute approximate surface area is 185 Å². The largest absolute Gasteiger partial charge is 0.530 e. The lowest BCUT2D eigenvalue weighted by molar-refractivity contribution is 0.166. The van der Waals surface area contributed by atoms with Gasteiger partial charge in [0.25, 0.3) is 0 Å². The summed E-state index contributed by atoms with van der Waals surface area (Å²) in [6, 6.07) is 4.05. The Morgan fingerprint density at radius 3 is 1.97 bits per heavy atom. The van der Waals surface area contributed by atoms with Crippen LogP contribution in [0.2, 0.25) is 18.1 Å². The highest BCUT2D eigenvalue weighted by Gasteiger charge is 2.38. The summed E-state index contributed by atoms with van der Waals surface area (Å²) in [6.07, 6.45) is 0.827. The number of rotatable bonds is 11. The molecule has 0 unspecified atom stereocenters. The van der Waals surface area contributed by atoms with Gasteiger partial charge in [-0.25, -0.2) is 4.57 Å². The molecule has 0 radical (unpaired) electrons. The maximum Gasteiger partial charge on any atom is 0.530 e. The molecule has 0 atom stereocenters. The van der Waals surface area contributed by atoms with Crippen molar-refractivity contribution >= 4 is 16.1 Å². The van der Waals surface area contributed by atoms with E-state index in [0.717, 1.165) is 23.1 Å². The van der Waals surface area contributed by atoms with Crippen molar-refractivity contribution in [3.63, 3.8) is 0 Å². The van der Waals surface area contributed by atoms with Gasteiger partial charge in [-0.15, -0.1) is 0 Å². The molecule has 0 aromatic heterocycles. The lowest BCUT2D eigenvalue weighted by Crippen LogP contribution is -2.41. The molecule has 30 heavy (non-hydrogen) atoms. The summed E-state index contributed by atoms with van der Waals surface area (Å²) >= 11 is 0. The summed E-state index contributed by atoms with van der Waals surface area (Å²) in [5.41, 5.74) is 2.92. The molecule has 0 aliphatic heterocycles. The van der Waals surface area contributed by atoms with Crippen LogP contribution in [0, 0.1) is 13.8 Å². The second kappa shape index (κ2) is 10.3. The fourth-order valence-electron chi connectivity index (χ4n) is 3.30. The highest BCUT2D eigenvalue weighted by atomic mass is 31.2. The maximum absolute atomic E-state index is 13.1. The Balaban J connectivity index is 3.21. The van der Waals surface area contributed by atoms with E-state index in [-0.39, 0.29) is 23.7 Å². The second-order valence-corrected chi connectivity index (χ2v) is 16.5. The molecule has 0 saturated heterocycles. The van der Waals surface area contributed by atoms with E-state index in [2.05, 4.69) is 60.7 Å². The number of phosphoric ester groups is 1. The van der Waals surface area contributed by atoms with Crippen molar-refractivity contribution in [2.45, 2.75) is 92.3 Å². The third kappa shape index (κ3) is 7.20. The van der Waals surface area contributed by atoms with Gasteiger partial charge in [0.1, 0.15) is 5.75 Å². The Morgan fingerprint density at radius 2 is 1.50 bits per heavy atom. The van der Waals surface area contributed by atoms with Crippen LogP contribution in [0.25, 0.3) is 0 Å². The van der Waals surface area contributed by atoms with Crippen LogP contribution in [0.3, 0.4) is 0 Å². The molecule has 0 N–H and O–H groups in total. The quantitative estimate of drug-likeness (QED) is 0.253. The van der Waals surface area contributed by atoms with Gasteiger partial charge in [-0.05, 0) is 74.9 Å². The number of hydrogen-bond donors (Lipinski definition) is 0. The monoisotopic (exact) mass is 458 g/mol. The number of benzene rings is 1. The summed E-state index contributed by atoms with van der Waals surface area (Å²) in [5, 5.41) is 0.173. The van der Waals surface area contributed by atoms with Crippen LogP contribution in [-0.2, 0) is 23.5 Å². The zero-order chi connectivity index (χ0) is 23.4. The van der Waals surface area contributed by atoms with Crippen molar-refractivity contribution in [2.24, 2.45) is 0 Å². The van der Waals surface area contributed by atoms with Gasteiger partial charge in [0.05, 0.1) is 13.2 Å². The molecule has 0 heterocycles. The van der Waals surface area contributed by atoms with Crippen LogP contribution in [0.5, 0.6) is 5.75 Å². The average molecular weight is 459 g/mol.